The third-order valence-electron chi connectivity index (χ3n) is 3.96. The fourth-order valence-electron chi connectivity index (χ4n) is 2.42. The van der Waals surface area contributed by atoms with Crippen molar-refractivity contribution in [1.29, 1.82) is 0 Å². The number of benzene rings is 3. The molecule has 27 heavy (non-hydrogen) atoms. The van der Waals surface area contributed by atoms with Crippen LogP contribution in [0.5, 0.6) is 11.5 Å². The van der Waals surface area contributed by atoms with E-state index in [1.807, 2.05) is 84.9 Å². The Hall–Kier alpha value is -3.33. The van der Waals surface area contributed by atoms with E-state index < -0.39 is 0 Å². The Kier molecular flexibility index (Phi) is 6.42. The second-order valence-corrected chi connectivity index (χ2v) is 6.10. The summed E-state index contributed by atoms with van der Waals surface area (Å²) in [4.78, 5) is 4.72. The van der Waals surface area contributed by atoms with Crippen LogP contribution >= 0.6 is 0 Å². The molecule has 0 aromatic heterocycles. The summed E-state index contributed by atoms with van der Waals surface area (Å²) in [7, 11) is 0. The SMILES string of the molecule is CC/C(=C\Oc1ccccc1)C(=Nc1ccc(C)cc1)Oc1ccccc1. The number of aliphatic imine (C=N–C) groups is 1. The number of nitrogens with zero attached hydrogens (tertiary/aromatic N) is 1. The molecule has 0 aliphatic rings. The van der Waals surface area contributed by atoms with E-state index in [2.05, 4.69) is 13.8 Å². The van der Waals surface area contributed by atoms with E-state index in [-0.39, 0.29) is 0 Å². The second-order valence-electron chi connectivity index (χ2n) is 6.10. The molecule has 3 rings (SSSR count). The van der Waals surface area contributed by atoms with E-state index in [1.54, 1.807) is 6.26 Å². The van der Waals surface area contributed by atoms with Crippen molar-refractivity contribution >= 4 is 11.6 Å². The van der Waals surface area contributed by atoms with Crippen LogP contribution in [-0.4, -0.2) is 5.90 Å². The van der Waals surface area contributed by atoms with Crippen molar-refractivity contribution in [3.05, 3.63) is 102 Å². The van der Waals surface area contributed by atoms with Crippen LogP contribution in [0.1, 0.15) is 18.9 Å². The quantitative estimate of drug-likeness (QED) is 0.287. The third kappa shape index (κ3) is 5.58. The lowest BCUT2D eigenvalue weighted by Crippen LogP contribution is -2.12. The van der Waals surface area contributed by atoms with Crippen molar-refractivity contribution in [2.24, 2.45) is 4.99 Å². The lowest BCUT2D eigenvalue weighted by Gasteiger charge is -2.12. The molecule has 0 aliphatic heterocycles. The van der Waals surface area contributed by atoms with Crippen molar-refractivity contribution < 1.29 is 9.47 Å². The highest BCUT2D eigenvalue weighted by molar-refractivity contribution is 5.96. The summed E-state index contributed by atoms with van der Waals surface area (Å²) in [5.74, 6) is 2.05. The first-order chi connectivity index (χ1) is 13.2. The zero-order valence-electron chi connectivity index (χ0n) is 15.6. The summed E-state index contributed by atoms with van der Waals surface area (Å²) in [5.41, 5.74) is 2.91. The van der Waals surface area contributed by atoms with Gasteiger partial charge in [0.05, 0.1) is 11.9 Å². The molecule has 0 aliphatic carbocycles. The minimum Gasteiger partial charge on any atom is -0.465 e. The number of hydrogen-bond acceptors (Lipinski definition) is 3. The molecule has 3 nitrogen and oxygen atoms in total. The molecule has 0 amide bonds. The maximum absolute atomic E-state index is 6.09. The molecule has 136 valence electrons. The summed E-state index contributed by atoms with van der Waals surface area (Å²) in [5, 5.41) is 0. The Balaban J connectivity index is 1.92. The molecule has 0 saturated carbocycles. The minimum absolute atomic E-state index is 0.531. The van der Waals surface area contributed by atoms with Crippen LogP contribution in [0.4, 0.5) is 5.69 Å². The van der Waals surface area contributed by atoms with Gasteiger partial charge < -0.3 is 9.47 Å². The minimum atomic E-state index is 0.531. The summed E-state index contributed by atoms with van der Waals surface area (Å²) >= 11 is 0. The van der Waals surface area contributed by atoms with Crippen LogP contribution in [-0.2, 0) is 0 Å². The van der Waals surface area contributed by atoms with Crippen LogP contribution in [0.25, 0.3) is 0 Å². The first kappa shape index (κ1) is 18.5. The molecule has 3 heteroatoms. The average molecular weight is 357 g/mol. The Morgan fingerprint density at radius 1 is 0.815 bits per heavy atom. The Morgan fingerprint density at radius 3 is 2.00 bits per heavy atom. The highest BCUT2D eigenvalue weighted by atomic mass is 16.5. The van der Waals surface area contributed by atoms with Gasteiger partial charge in [0, 0.05) is 5.57 Å². The van der Waals surface area contributed by atoms with E-state index in [0.29, 0.717) is 5.90 Å². The molecule has 0 saturated heterocycles. The number of rotatable bonds is 6. The maximum Gasteiger partial charge on any atom is 0.226 e. The highest BCUT2D eigenvalue weighted by Crippen LogP contribution is 2.20. The van der Waals surface area contributed by atoms with E-state index in [1.165, 1.54) is 5.56 Å². The average Bonchev–Trinajstić information content (AvgIpc) is 2.71. The number of aryl methyl sites for hydroxylation is 1. The zero-order valence-corrected chi connectivity index (χ0v) is 15.6. The summed E-state index contributed by atoms with van der Waals surface area (Å²) in [6.45, 7) is 4.11. The van der Waals surface area contributed by atoms with Crippen LogP contribution < -0.4 is 9.47 Å². The largest absolute Gasteiger partial charge is 0.465 e. The normalized spacial score (nSPS) is 11.9. The summed E-state index contributed by atoms with van der Waals surface area (Å²) in [6, 6.07) is 27.4. The van der Waals surface area contributed by atoms with Gasteiger partial charge in [-0.05, 0) is 49.7 Å². The molecular weight excluding hydrogens is 334 g/mol. The monoisotopic (exact) mass is 357 g/mol. The molecule has 3 aromatic rings. The van der Waals surface area contributed by atoms with Crippen molar-refractivity contribution in [2.45, 2.75) is 20.3 Å². The van der Waals surface area contributed by atoms with Gasteiger partial charge in [0.15, 0.2) is 0 Å². The van der Waals surface area contributed by atoms with Crippen LogP contribution in [0.15, 0.2) is 102 Å². The van der Waals surface area contributed by atoms with E-state index in [9.17, 15) is 0 Å². The summed E-state index contributed by atoms with van der Waals surface area (Å²) < 4.78 is 11.9. The molecule has 0 radical (unpaired) electrons. The van der Waals surface area contributed by atoms with Crippen molar-refractivity contribution in [3.63, 3.8) is 0 Å². The van der Waals surface area contributed by atoms with Gasteiger partial charge in [0.1, 0.15) is 11.5 Å². The standard InChI is InChI=1S/C24H23NO2/c1-3-20(18-26-22-10-6-4-7-11-22)24(27-23-12-8-5-9-13-23)25-21-16-14-19(2)15-17-21/h4-18H,3H2,1-2H3/b20-18+,25-24?. The first-order valence-electron chi connectivity index (χ1n) is 9.04. The molecule has 0 atom stereocenters. The molecule has 3 aromatic carbocycles. The second kappa shape index (κ2) is 9.39. The molecule has 0 N–H and O–H groups in total. The topological polar surface area (TPSA) is 30.8 Å². The van der Waals surface area contributed by atoms with E-state index in [4.69, 9.17) is 14.5 Å². The van der Waals surface area contributed by atoms with Crippen LogP contribution in [0, 0.1) is 6.92 Å². The predicted octanol–water partition coefficient (Wildman–Crippen LogP) is 6.48. The maximum atomic E-state index is 6.09. The number of ether oxygens (including phenoxy) is 2. The molecule has 0 heterocycles. The molecule has 0 unspecified atom stereocenters. The van der Waals surface area contributed by atoms with Crippen molar-refractivity contribution in [3.8, 4) is 11.5 Å². The van der Waals surface area contributed by atoms with Gasteiger partial charge in [-0.15, -0.1) is 0 Å². The third-order valence-corrected chi connectivity index (χ3v) is 3.96. The lowest BCUT2D eigenvalue weighted by molar-refractivity contribution is 0.471. The van der Waals surface area contributed by atoms with Gasteiger partial charge in [-0.25, -0.2) is 4.99 Å². The Bertz CT molecular complexity index is 898. The first-order valence-corrected chi connectivity index (χ1v) is 9.04. The van der Waals surface area contributed by atoms with Gasteiger partial charge in [0.2, 0.25) is 5.90 Å². The van der Waals surface area contributed by atoms with E-state index >= 15 is 0 Å². The predicted molar refractivity (Wildman–Crippen MR) is 111 cm³/mol. The van der Waals surface area contributed by atoms with Gasteiger partial charge in [-0.2, -0.15) is 0 Å². The number of para-hydroxylation sites is 2. The van der Waals surface area contributed by atoms with Crippen molar-refractivity contribution in [1.82, 2.24) is 0 Å². The smallest absolute Gasteiger partial charge is 0.226 e. The van der Waals surface area contributed by atoms with E-state index in [0.717, 1.165) is 29.2 Å². The van der Waals surface area contributed by atoms with Gasteiger partial charge >= 0.3 is 0 Å². The van der Waals surface area contributed by atoms with Gasteiger partial charge in [-0.1, -0.05) is 61.0 Å². The Labute approximate surface area is 160 Å². The number of hydrogen-bond donors (Lipinski definition) is 0. The van der Waals surface area contributed by atoms with Crippen LogP contribution in [0.3, 0.4) is 0 Å². The fourth-order valence-corrected chi connectivity index (χ4v) is 2.42. The van der Waals surface area contributed by atoms with Gasteiger partial charge in [0.25, 0.3) is 0 Å². The van der Waals surface area contributed by atoms with Crippen LogP contribution in [0.2, 0.25) is 0 Å². The Morgan fingerprint density at radius 2 is 1.41 bits per heavy atom. The lowest BCUT2D eigenvalue weighted by atomic mass is 10.2. The summed E-state index contributed by atoms with van der Waals surface area (Å²) in [6.07, 6.45) is 2.44. The molecular formula is C24H23NO2. The van der Waals surface area contributed by atoms with Gasteiger partial charge in [-0.3, -0.25) is 0 Å². The van der Waals surface area contributed by atoms with Crippen molar-refractivity contribution in [2.75, 3.05) is 0 Å². The fraction of sp³-hybridized carbons (Fsp3) is 0.125. The highest BCUT2D eigenvalue weighted by Gasteiger charge is 2.10. The molecule has 0 spiro atoms. The molecule has 0 fully saturated rings. The molecule has 0 bridgehead atoms. The zero-order chi connectivity index (χ0) is 18.9.